The van der Waals surface area contributed by atoms with Crippen molar-refractivity contribution in [2.45, 2.75) is 5.41 Å². The summed E-state index contributed by atoms with van der Waals surface area (Å²) in [6, 6.07) is 39.5. The zero-order chi connectivity index (χ0) is 16.7. The summed E-state index contributed by atoms with van der Waals surface area (Å²) in [4.78, 5) is 0. The van der Waals surface area contributed by atoms with E-state index in [1.807, 2.05) is 0 Å². The van der Waals surface area contributed by atoms with Crippen molar-refractivity contribution in [1.29, 1.82) is 0 Å². The second kappa shape index (κ2) is 8.15. The van der Waals surface area contributed by atoms with Crippen molar-refractivity contribution >= 4 is 48.0 Å². The molecule has 1 aliphatic carbocycles. The van der Waals surface area contributed by atoms with E-state index in [-0.39, 0.29) is 53.4 Å². The van der Waals surface area contributed by atoms with E-state index in [1.54, 1.807) is 0 Å². The van der Waals surface area contributed by atoms with Crippen LogP contribution in [0.2, 0.25) is 0 Å². The summed E-state index contributed by atoms with van der Waals surface area (Å²) >= 11 is 0. The maximum Gasteiger partial charge on any atom is 0.0713 e. The molecule has 0 unspecified atom stereocenters. The van der Waals surface area contributed by atoms with E-state index in [1.165, 1.54) is 33.4 Å². The highest BCUT2D eigenvalue weighted by Gasteiger charge is 2.45. The lowest BCUT2D eigenvalue weighted by Crippen LogP contribution is -2.28. The molecule has 0 heterocycles. The van der Waals surface area contributed by atoms with Gasteiger partial charge in [-0.1, -0.05) is 109 Å². The van der Waals surface area contributed by atoms with Crippen LogP contribution in [0.3, 0.4) is 0 Å². The molecule has 0 bridgehead atoms. The van der Waals surface area contributed by atoms with Gasteiger partial charge in [0.2, 0.25) is 0 Å². The van der Waals surface area contributed by atoms with Crippen LogP contribution in [0.1, 0.15) is 22.3 Å². The fourth-order valence-corrected chi connectivity index (χ4v) is 4.40. The molecule has 0 saturated carbocycles. The van der Waals surface area contributed by atoms with Crippen LogP contribution in [0, 0.1) is 0 Å². The first-order valence-electron chi connectivity index (χ1n) is 8.73. The van der Waals surface area contributed by atoms with Crippen molar-refractivity contribution in [2.75, 3.05) is 0 Å². The molecule has 0 atom stereocenters. The molecule has 4 aromatic rings. The standard InChI is InChI=1S/C25H18.2HI/c1-3-11-19(12-4-1)25(20-13-5-2-6-14-20)23-17-9-7-15-21(23)22-16-8-10-18-24(22)25;;/h1-18H;2*1H. The number of halogens is 2. The van der Waals surface area contributed by atoms with Crippen molar-refractivity contribution in [3.63, 3.8) is 0 Å². The number of benzene rings is 4. The van der Waals surface area contributed by atoms with Gasteiger partial charge in [-0.15, -0.1) is 48.0 Å². The van der Waals surface area contributed by atoms with Gasteiger partial charge in [-0.05, 0) is 33.4 Å². The first-order chi connectivity index (χ1) is 12.4. The monoisotopic (exact) mass is 574 g/mol. The highest BCUT2D eigenvalue weighted by Crippen LogP contribution is 2.55. The maximum atomic E-state index is 2.29. The molecule has 27 heavy (non-hydrogen) atoms. The molecule has 0 amide bonds. The molecule has 0 aromatic heterocycles. The van der Waals surface area contributed by atoms with Gasteiger partial charge in [0, 0.05) is 0 Å². The molecule has 0 fully saturated rings. The second-order valence-electron chi connectivity index (χ2n) is 6.57. The first kappa shape index (κ1) is 20.1. The largest absolute Gasteiger partial charge is 0.107 e. The van der Waals surface area contributed by atoms with Crippen LogP contribution in [0.25, 0.3) is 11.1 Å². The third-order valence-corrected chi connectivity index (χ3v) is 5.37. The maximum absolute atomic E-state index is 2.29. The van der Waals surface area contributed by atoms with Crippen LogP contribution in [-0.2, 0) is 5.41 Å². The van der Waals surface area contributed by atoms with Gasteiger partial charge in [-0.2, -0.15) is 0 Å². The summed E-state index contributed by atoms with van der Waals surface area (Å²) < 4.78 is 0. The number of rotatable bonds is 2. The molecular formula is C25H20I2. The summed E-state index contributed by atoms with van der Waals surface area (Å²) in [5.41, 5.74) is 7.80. The number of hydrogen-bond acceptors (Lipinski definition) is 0. The van der Waals surface area contributed by atoms with Gasteiger partial charge in [0.25, 0.3) is 0 Å². The molecule has 0 nitrogen and oxygen atoms in total. The number of fused-ring (bicyclic) bond motifs is 3. The third kappa shape index (κ3) is 2.93. The van der Waals surface area contributed by atoms with E-state index in [0.29, 0.717) is 0 Å². The Morgan fingerprint density at radius 1 is 0.370 bits per heavy atom. The van der Waals surface area contributed by atoms with Crippen molar-refractivity contribution in [3.05, 3.63) is 131 Å². The van der Waals surface area contributed by atoms with Gasteiger partial charge in [0.15, 0.2) is 0 Å². The van der Waals surface area contributed by atoms with Crippen LogP contribution < -0.4 is 0 Å². The molecule has 0 radical (unpaired) electrons. The van der Waals surface area contributed by atoms with E-state index < -0.39 is 0 Å². The predicted octanol–water partition coefficient (Wildman–Crippen LogP) is 7.29. The highest BCUT2D eigenvalue weighted by atomic mass is 127. The summed E-state index contributed by atoms with van der Waals surface area (Å²) in [7, 11) is 0. The summed E-state index contributed by atoms with van der Waals surface area (Å²) in [5.74, 6) is 0. The quantitative estimate of drug-likeness (QED) is 0.195. The van der Waals surface area contributed by atoms with Crippen LogP contribution in [0.5, 0.6) is 0 Å². The molecule has 0 spiro atoms. The van der Waals surface area contributed by atoms with Crippen molar-refractivity contribution < 1.29 is 0 Å². The summed E-state index contributed by atoms with van der Waals surface area (Å²) in [6.07, 6.45) is 0. The van der Waals surface area contributed by atoms with E-state index in [9.17, 15) is 0 Å². The van der Waals surface area contributed by atoms with Crippen molar-refractivity contribution in [3.8, 4) is 11.1 Å². The van der Waals surface area contributed by atoms with Crippen LogP contribution in [-0.4, -0.2) is 0 Å². The lowest BCUT2D eigenvalue weighted by Gasteiger charge is -2.33. The lowest BCUT2D eigenvalue weighted by atomic mass is 9.68. The number of hydrogen-bond donors (Lipinski definition) is 0. The fourth-order valence-electron chi connectivity index (χ4n) is 4.40. The minimum absolute atomic E-state index is 0. The third-order valence-electron chi connectivity index (χ3n) is 5.37. The average Bonchev–Trinajstić information content (AvgIpc) is 3.01. The normalized spacial score (nSPS) is 12.9. The Morgan fingerprint density at radius 3 is 1.11 bits per heavy atom. The highest BCUT2D eigenvalue weighted by molar-refractivity contribution is 14.0. The predicted molar refractivity (Wildman–Crippen MR) is 135 cm³/mol. The molecule has 5 rings (SSSR count). The molecule has 134 valence electrons. The molecule has 4 aromatic carbocycles. The van der Waals surface area contributed by atoms with Gasteiger partial charge in [0.1, 0.15) is 0 Å². The van der Waals surface area contributed by atoms with Gasteiger partial charge < -0.3 is 0 Å². The van der Waals surface area contributed by atoms with Gasteiger partial charge in [0.05, 0.1) is 5.41 Å². The van der Waals surface area contributed by atoms with E-state index in [0.717, 1.165) is 0 Å². The Kier molecular flexibility index (Phi) is 6.06. The lowest BCUT2D eigenvalue weighted by molar-refractivity contribution is 0.768. The Hall–Kier alpha value is -1.66. The first-order valence-corrected chi connectivity index (χ1v) is 8.73. The average molecular weight is 574 g/mol. The summed E-state index contributed by atoms with van der Waals surface area (Å²) in [5, 5.41) is 0. The molecule has 0 aliphatic heterocycles. The molecular weight excluding hydrogens is 554 g/mol. The van der Waals surface area contributed by atoms with Gasteiger partial charge >= 0.3 is 0 Å². The Labute approximate surface area is 194 Å². The second-order valence-corrected chi connectivity index (χ2v) is 6.57. The Bertz CT molecular complexity index is 953. The topological polar surface area (TPSA) is 0 Å². The zero-order valence-electron chi connectivity index (χ0n) is 14.7. The molecule has 2 heteroatoms. The SMILES string of the molecule is I.I.c1ccc(C2(c3ccccc3)c3ccccc3-c3ccccc32)cc1. The minimum atomic E-state index is -0.254. The Balaban J connectivity index is 0.00000105. The van der Waals surface area contributed by atoms with Crippen molar-refractivity contribution in [2.24, 2.45) is 0 Å². The van der Waals surface area contributed by atoms with Gasteiger partial charge in [-0.25, -0.2) is 0 Å². The van der Waals surface area contributed by atoms with Crippen LogP contribution in [0.15, 0.2) is 109 Å². The van der Waals surface area contributed by atoms with E-state index in [2.05, 4.69) is 109 Å². The Morgan fingerprint density at radius 2 is 0.704 bits per heavy atom. The minimum Gasteiger partial charge on any atom is -0.107 e. The molecule has 1 aliphatic rings. The van der Waals surface area contributed by atoms with Crippen molar-refractivity contribution in [1.82, 2.24) is 0 Å². The molecule has 0 saturated heterocycles. The van der Waals surface area contributed by atoms with Crippen LogP contribution >= 0.6 is 48.0 Å². The molecule has 0 N–H and O–H groups in total. The smallest absolute Gasteiger partial charge is 0.0713 e. The fraction of sp³-hybridized carbons (Fsp3) is 0.0400. The van der Waals surface area contributed by atoms with Gasteiger partial charge in [-0.3, -0.25) is 0 Å². The van der Waals surface area contributed by atoms with Crippen LogP contribution in [0.4, 0.5) is 0 Å². The van der Waals surface area contributed by atoms with E-state index in [4.69, 9.17) is 0 Å². The van der Waals surface area contributed by atoms with E-state index >= 15 is 0 Å². The summed E-state index contributed by atoms with van der Waals surface area (Å²) in [6.45, 7) is 0. The zero-order valence-corrected chi connectivity index (χ0v) is 19.4.